The van der Waals surface area contributed by atoms with Gasteiger partial charge in [0.15, 0.2) is 18.7 Å². The highest BCUT2D eigenvalue weighted by molar-refractivity contribution is 5.70. The standard InChI is InChI=1S/C55H96O15/c1-3-5-7-9-11-13-15-17-19-20-21-22-24-25-27-29-31-33-35-37-46(57)65-40-43(68-47(58)38-36-34-32-30-28-26-23-18-16-14-12-10-8-6-4-2)41-66-54-53(64)51(62)49(60)45(70-54)42-67-55-52(63)50(61)48(59)44(39-56)69-55/h12,14,17-19,23,28,30,43-45,48-56,59-64H,3-11,13,15-16,20-22,24-27,29,31-42H2,1-2H3/b14-12+,19-17+,23-18+,30-28+/t43-,44+,45+,48-,49-,50?,51?,52?,53?,54+,55+/m0/s1. The summed E-state index contributed by atoms with van der Waals surface area (Å²) in [6, 6.07) is 0. The third-order valence-electron chi connectivity index (χ3n) is 12.8. The zero-order valence-corrected chi connectivity index (χ0v) is 43.0. The van der Waals surface area contributed by atoms with Crippen molar-refractivity contribution in [2.75, 3.05) is 26.4 Å². The Hall–Kier alpha value is -2.54. The van der Waals surface area contributed by atoms with Crippen LogP contribution in [0.5, 0.6) is 0 Å². The molecule has 0 aromatic rings. The lowest BCUT2D eigenvalue weighted by atomic mass is 9.98. The van der Waals surface area contributed by atoms with Crippen LogP contribution in [-0.4, -0.2) is 142 Å². The number of carbonyl (C=O) groups excluding carboxylic acids is 2. The fraction of sp³-hybridized carbons (Fsp3) is 0.818. The summed E-state index contributed by atoms with van der Waals surface area (Å²) < 4.78 is 33.6. The van der Waals surface area contributed by atoms with Gasteiger partial charge in [-0.25, -0.2) is 0 Å². The predicted molar refractivity (Wildman–Crippen MR) is 270 cm³/mol. The molecule has 2 rings (SSSR count). The largest absolute Gasteiger partial charge is 0.462 e. The minimum atomic E-state index is -1.77. The molecule has 0 aromatic carbocycles. The second-order valence-corrected chi connectivity index (χ2v) is 19.0. The van der Waals surface area contributed by atoms with Crippen molar-refractivity contribution in [3.8, 4) is 0 Å². The number of hydrogen-bond donors (Lipinski definition) is 7. The van der Waals surface area contributed by atoms with Crippen molar-refractivity contribution in [3.63, 3.8) is 0 Å². The highest BCUT2D eigenvalue weighted by atomic mass is 16.7. The Morgan fingerprint density at radius 3 is 1.41 bits per heavy atom. The number of carbonyl (C=O) groups is 2. The van der Waals surface area contributed by atoms with E-state index in [0.29, 0.717) is 12.8 Å². The molecule has 2 aliphatic heterocycles. The third-order valence-corrected chi connectivity index (χ3v) is 12.8. The van der Waals surface area contributed by atoms with Crippen LogP contribution in [0.4, 0.5) is 0 Å². The monoisotopic (exact) mass is 997 g/mol. The van der Waals surface area contributed by atoms with E-state index in [2.05, 4.69) is 62.5 Å². The molecule has 0 spiro atoms. The zero-order valence-electron chi connectivity index (χ0n) is 43.0. The molecule has 0 aromatic heterocycles. The topological polar surface area (TPSA) is 231 Å². The van der Waals surface area contributed by atoms with Crippen LogP contribution in [0.15, 0.2) is 48.6 Å². The van der Waals surface area contributed by atoms with Crippen LogP contribution in [-0.2, 0) is 38.0 Å². The number of aliphatic hydroxyl groups excluding tert-OH is 7. The van der Waals surface area contributed by atoms with Gasteiger partial charge in [0, 0.05) is 12.8 Å². The van der Waals surface area contributed by atoms with Gasteiger partial charge in [-0.3, -0.25) is 9.59 Å². The zero-order chi connectivity index (χ0) is 51.0. The van der Waals surface area contributed by atoms with Crippen LogP contribution in [0, 0.1) is 0 Å². The summed E-state index contributed by atoms with van der Waals surface area (Å²) in [6.45, 7) is 2.52. The van der Waals surface area contributed by atoms with E-state index in [0.717, 1.165) is 51.4 Å². The number of esters is 2. The van der Waals surface area contributed by atoms with E-state index in [1.165, 1.54) is 103 Å². The van der Waals surface area contributed by atoms with Crippen molar-refractivity contribution in [2.45, 2.75) is 261 Å². The number of unbranched alkanes of at least 4 members (excludes halogenated alkanes) is 20. The molecule has 2 fully saturated rings. The quantitative estimate of drug-likeness (QED) is 0.0173. The average Bonchev–Trinajstić information content (AvgIpc) is 3.35. The predicted octanol–water partition coefficient (Wildman–Crippen LogP) is 8.27. The Bertz CT molecular complexity index is 1400. The lowest BCUT2D eigenvalue weighted by molar-refractivity contribution is -0.332. The fourth-order valence-corrected chi connectivity index (χ4v) is 8.28. The van der Waals surface area contributed by atoms with Crippen LogP contribution in [0.25, 0.3) is 0 Å². The van der Waals surface area contributed by atoms with Gasteiger partial charge in [0.2, 0.25) is 0 Å². The normalized spacial score (nSPS) is 25.7. The van der Waals surface area contributed by atoms with Crippen molar-refractivity contribution in [3.05, 3.63) is 48.6 Å². The fourth-order valence-electron chi connectivity index (χ4n) is 8.28. The summed E-state index contributed by atoms with van der Waals surface area (Å²) >= 11 is 0. The van der Waals surface area contributed by atoms with Gasteiger partial charge >= 0.3 is 11.9 Å². The SMILES string of the molecule is CCCCC/C=C/C/C=C/C/C=C/CCCCC(=O)O[C@@H](COC(=O)CCCCCCCCCCC/C=C/CCCCCCCC)CO[C@@H]1O[C@H](CO[C@@H]2O[C@H](CO)[C@H](O)C(O)C2O)[C@H](O)C(O)C1O. The molecule has 11 atom stereocenters. The maximum Gasteiger partial charge on any atom is 0.306 e. The van der Waals surface area contributed by atoms with Gasteiger partial charge in [-0.05, 0) is 77.0 Å². The van der Waals surface area contributed by atoms with Gasteiger partial charge in [-0.15, -0.1) is 0 Å². The van der Waals surface area contributed by atoms with Gasteiger partial charge in [-0.1, -0.05) is 152 Å². The first-order valence-electron chi connectivity index (χ1n) is 27.2. The lowest BCUT2D eigenvalue weighted by Crippen LogP contribution is -2.61. The molecule has 7 N–H and O–H groups in total. The number of rotatable bonds is 42. The summed E-state index contributed by atoms with van der Waals surface area (Å²) in [7, 11) is 0. The molecule has 0 aliphatic carbocycles. The Labute approximate surface area is 420 Å². The Morgan fingerprint density at radius 2 is 0.857 bits per heavy atom. The minimum Gasteiger partial charge on any atom is -0.462 e. The van der Waals surface area contributed by atoms with E-state index in [4.69, 9.17) is 28.4 Å². The second-order valence-electron chi connectivity index (χ2n) is 19.0. The summed E-state index contributed by atoms with van der Waals surface area (Å²) in [5, 5.41) is 72.1. The second kappa shape index (κ2) is 41.9. The van der Waals surface area contributed by atoms with Crippen molar-refractivity contribution in [2.24, 2.45) is 0 Å². The first-order chi connectivity index (χ1) is 34.0. The molecular weight excluding hydrogens is 901 g/mol. The smallest absolute Gasteiger partial charge is 0.306 e. The maximum atomic E-state index is 13.0. The molecule has 15 heteroatoms. The van der Waals surface area contributed by atoms with E-state index in [-0.39, 0.29) is 19.4 Å². The Morgan fingerprint density at radius 1 is 0.457 bits per heavy atom. The molecule has 0 amide bonds. The Balaban J connectivity index is 1.79. The van der Waals surface area contributed by atoms with Crippen LogP contribution < -0.4 is 0 Å². The minimum absolute atomic E-state index is 0.115. The summed E-state index contributed by atoms with van der Waals surface area (Å²) in [4.78, 5) is 25.8. The molecule has 0 radical (unpaired) electrons. The Kier molecular flexibility index (Phi) is 38.0. The third kappa shape index (κ3) is 29.2. The van der Waals surface area contributed by atoms with E-state index >= 15 is 0 Å². The van der Waals surface area contributed by atoms with E-state index < -0.39 is 99.3 Å². The van der Waals surface area contributed by atoms with Crippen LogP contribution in [0.1, 0.15) is 194 Å². The first kappa shape index (κ1) is 63.6. The molecular formula is C55H96O15. The summed E-state index contributed by atoms with van der Waals surface area (Å²) in [6.07, 6.45) is 29.9. The van der Waals surface area contributed by atoms with Gasteiger partial charge in [0.05, 0.1) is 19.8 Å². The van der Waals surface area contributed by atoms with Crippen molar-refractivity contribution in [1.29, 1.82) is 0 Å². The van der Waals surface area contributed by atoms with Gasteiger partial charge in [0.25, 0.3) is 0 Å². The van der Waals surface area contributed by atoms with Crippen LogP contribution in [0.3, 0.4) is 0 Å². The van der Waals surface area contributed by atoms with Crippen LogP contribution >= 0.6 is 0 Å². The summed E-state index contributed by atoms with van der Waals surface area (Å²) in [5.74, 6) is -0.971. The van der Waals surface area contributed by atoms with Crippen LogP contribution in [0.2, 0.25) is 0 Å². The molecule has 2 heterocycles. The van der Waals surface area contributed by atoms with Gasteiger partial charge in [0.1, 0.15) is 55.4 Å². The van der Waals surface area contributed by atoms with E-state index in [1.807, 2.05) is 0 Å². The number of ether oxygens (including phenoxy) is 6. The van der Waals surface area contributed by atoms with Crippen molar-refractivity contribution in [1.82, 2.24) is 0 Å². The lowest BCUT2D eigenvalue weighted by Gasteiger charge is -2.42. The molecule has 406 valence electrons. The van der Waals surface area contributed by atoms with E-state index in [9.17, 15) is 45.3 Å². The summed E-state index contributed by atoms with van der Waals surface area (Å²) in [5.41, 5.74) is 0. The number of allylic oxidation sites excluding steroid dienone is 8. The molecule has 2 aliphatic rings. The molecule has 2 saturated heterocycles. The van der Waals surface area contributed by atoms with Crippen molar-refractivity contribution >= 4 is 11.9 Å². The molecule has 70 heavy (non-hydrogen) atoms. The molecule has 4 unspecified atom stereocenters. The number of hydrogen-bond acceptors (Lipinski definition) is 15. The van der Waals surface area contributed by atoms with E-state index in [1.54, 1.807) is 0 Å². The first-order valence-corrected chi connectivity index (χ1v) is 27.2. The number of aliphatic hydroxyl groups is 7. The highest BCUT2D eigenvalue weighted by Gasteiger charge is 2.47. The maximum absolute atomic E-state index is 13.0. The van der Waals surface area contributed by atoms with Gasteiger partial charge < -0.3 is 64.2 Å². The molecule has 15 nitrogen and oxygen atoms in total. The molecule has 0 bridgehead atoms. The molecule has 0 saturated carbocycles. The van der Waals surface area contributed by atoms with Gasteiger partial charge in [-0.2, -0.15) is 0 Å². The average molecular weight is 997 g/mol. The highest BCUT2D eigenvalue weighted by Crippen LogP contribution is 2.26. The van der Waals surface area contributed by atoms with Crippen molar-refractivity contribution < 1.29 is 73.8 Å².